The molecular weight excluding hydrogens is 584 g/mol. The van der Waals surface area contributed by atoms with Crippen LogP contribution in [-0.2, 0) is 11.3 Å². The molecule has 41 heavy (non-hydrogen) atoms. The number of halogens is 1. The van der Waals surface area contributed by atoms with Gasteiger partial charge in [-0.05, 0) is 54.2 Å². The molecule has 0 unspecified atom stereocenters. The van der Waals surface area contributed by atoms with Crippen LogP contribution in [0.3, 0.4) is 0 Å². The topological polar surface area (TPSA) is 112 Å². The summed E-state index contributed by atoms with van der Waals surface area (Å²) < 4.78 is 3.03. The zero-order chi connectivity index (χ0) is 29.5. The van der Waals surface area contributed by atoms with E-state index in [0.29, 0.717) is 17.8 Å². The molecule has 8 heteroatoms. The summed E-state index contributed by atoms with van der Waals surface area (Å²) in [5.41, 5.74) is 5.53. The van der Waals surface area contributed by atoms with Crippen molar-refractivity contribution in [2.75, 3.05) is 5.32 Å². The fourth-order valence-electron chi connectivity index (χ4n) is 5.20. The third-order valence-electron chi connectivity index (χ3n) is 6.93. The summed E-state index contributed by atoms with van der Waals surface area (Å²) in [7, 11) is 0. The molecule has 0 fully saturated rings. The number of hydrogen-bond acceptors (Lipinski definition) is 4. The second-order valence-electron chi connectivity index (χ2n) is 10.4. The number of para-hydroxylation sites is 1. The monoisotopic (exact) mass is 618 g/mol. The molecule has 214 valence electrons. The number of aliphatic carboxylic acids is 1. The van der Waals surface area contributed by atoms with Crippen LogP contribution in [0.4, 0.5) is 5.69 Å². The maximum Gasteiger partial charge on any atom is 0.305 e. The first-order valence-electron chi connectivity index (χ1n) is 13.7. The fourth-order valence-corrected chi connectivity index (χ4v) is 5.47. The highest BCUT2D eigenvalue weighted by Crippen LogP contribution is 2.43. The SMILES string of the molecule is CC(C)c1c(C(=O)Nc2ccccc2)c(-c2ccccc2)c(-c2ccc(Br)cc2)n1CC[C@@H](O)C[C@@H](O)CC(=O)O. The van der Waals surface area contributed by atoms with Crippen LogP contribution in [0.25, 0.3) is 22.4 Å². The van der Waals surface area contributed by atoms with E-state index in [0.717, 1.165) is 32.6 Å². The smallest absolute Gasteiger partial charge is 0.305 e. The van der Waals surface area contributed by atoms with Gasteiger partial charge in [-0.2, -0.15) is 0 Å². The Morgan fingerprint density at radius 3 is 2.05 bits per heavy atom. The third kappa shape index (κ3) is 7.52. The van der Waals surface area contributed by atoms with Gasteiger partial charge in [0.05, 0.1) is 29.9 Å². The number of benzene rings is 3. The molecule has 1 aromatic heterocycles. The molecule has 4 N–H and O–H groups in total. The highest BCUT2D eigenvalue weighted by atomic mass is 79.9. The van der Waals surface area contributed by atoms with Crippen LogP contribution in [0.15, 0.2) is 89.4 Å². The molecule has 3 aromatic carbocycles. The second-order valence-corrected chi connectivity index (χ2v) is 11.3. The Morgan fingerprint density at radius 1 is 0.854 bits per heavy atom. The maximum atomic E-state index is 14.1. The summed E-state index contributed by atoms with van der Waals surface area (Å²) in [6, 6.07) is 27.0. The molecule has 0 saturated heterocycles. The Kier molecular flexibility index (Phi) is 10.2. The van der Waals surface area contributed by atoms with E-state index in [4.69, 9.17) is 5.11 Å². The molecule has 1 heterocycles. The Hall–Kier alpha value is -3.72. The summed E-state index contributed by atoms with van der Waals surface area (Å²) in [6.45, 7) is 4.44. The number of anilines is 1. The summed E-state index contributed by atoms with van der Waals surface area (Å²) in [5.74, 6) is -1.39. The van der Waals surface area contributed by atoms with E-state index in [9.17, 15) is 19.8 Å². The lowest BCUT2D eigenvalue weighted by molar-refractivity contribution is -0.139. The Bertz CT molecular complexity index is 1470. The number of aliphatic hydroxyl groups excluding tert-OH is 2. The number of aromatic nitrogens is 1. The molecule has 0 bridgehead atoms. The molecule has 7 nitrogen and oxygen atoms in total. The Balaban J connectivity index is 1.89. The lowest BCUT2D eigenvalue weighted by atomic mass is 9.94. The van der Waals surface area contributed by atoms with E-state index in [2.05, 4.69) is 25.8 Å². The number of carboxylic acids is 1. The van der Waals surface area contributed by atoms with Crippen LogP contribution in [0.2, 0.25) is 0 Å². The molecule has 1 amide bonds. The number of hydrogen-bond donors (Lipinski definition) is 4. The predicted octanol–water partition coefficient (Wildman–Crippen LogP) is 6.94. The van der Waals surface area contributed by atoms with E-state index < -0.39 is 24.6 Å². The zero-order valence-electron chi connectivity index (χ0n) is 23.1. The maximum absolute atomic E-state index is 14.1. The van der Waals surface area contributed by atoms with Crippen molar-refractivity contribution in [2.24, 2.45) is 0 Å². The first-order chi connectivity index (χ1) is 19.7. The Labute approximate surface area is 248 Å². The van der Waals surface area contributed by atoms with Gasteiger partial charge in [0.2, 0.25) is 0 Å². The molecule has 0 saturated carbocycles. The van der Waals surface area contributed by atoms with Crippen molar-refractivity contribution in [3.05, 3.63) is 101 Å². The third-order valence-corrected chi connectivity index (χ3v) is 7.46. The summed E-state index contributed by atoms with van der Waals surface area (Å²) in [4.78, 5) is 25.1. The number of carboxylic acid groups (broad SMARTS) is 1. The van der Waals surface area contributed by atoms with Gasteiger partial charge >= 0.3 is 5.97 Å². The molecule has 0 aliphatic rings. The lowest BCUT2D eigenvalue weighted by Crippen LogP contribution is -2.22. The first-order valence-corrected chi connectivity index (χ1v) is 14.5. The van der Waals surface area contributed by atoms with E-state index in [1.807, 2.05) is 98.8 Å². The largest absolute Gasteiger partial charge is 0.481 e. The zero-order valence-corrected chi connectivity index (χ0v) is 24.7. The molecule has 4 rings (SSSR count). The van der Waals surface area contributed by atoms with Crippen LogP contribution in [0.1, 0.15) is 55.1 Å². The van der Waals surface area contributed by atoms with Crippen LogP contribution in [-0.4, -0.2) is 44.0 Å². The van der Waals surface area contributed by atoms with E-state index in [1.165, 1.54) is 0 Å². The minimum Gasteiger partial charge on any atom is -0.481 e. The van der Waals surface area contributed by atoms with Gasteiger partial charge in [-0.3, -0.25) is 9.59 Å². The van der Waals surface area contributed by atoms with Crippen molar-refractivity contribution in [2.45, 2.75) is 57.8 Å². The van der Waals surface area contributed by atoms with Crippen molar-refractivity contribution in [3.8, 4) is 22.4 Å². The minimum atomic E-state index is -1.14. The van der Waals surface area contributed by atoms with Crippen LogP contribution >= 0.6 is 15.9 Å². The average Bonchev–Trinajstić information content (AvgIpc) is 3.28. The number of nitrogens with zero attached hydrogens (tertiary/aromatic N) is 1. The number of carbonyl (C=O) groups is 2. The predicted molar refractivity (Wildman–Crippen MR) is 165 cm³/mol. The lowest BCUT2D eigenvalue weighted by Gasteiger charge is -2.20. The van der Waals surface area contributed by atoms with E-state index in [1.54, 1.807) is 0 Å². The van der Waals surface area contributed by atoms with Crippen molar-refractivity contribution in [1.29, 1.82) is 0 Å². The second kappa shape index (κ2) is 13.8. The number of amides is 1. The van der Waals surface area contributed by atoms with Gasteiger partial charge in [0.25, 0.3) is 5.91 Å². The van der Waals surface area contributed by atoms with Gasteiger partial charge in [0.1, 0.15) is 0 Å². The standard InChI is InChI=1S/C33H35BrN2O5/c1-21(2)31-30(33(41)35-25-11-7-4-8-12-25)29(22-9-5-3-6-10-22)32(23-13-15-24(34)16-14-23)36(31)18-17-26(37)19-27(38)20-28(39)40/h3-16,21,26-27,37-38H,17-20H2,1-2H3,(H,35,41)(H,39,40)/t26-,27-/m1/s1. The number of rotatable bonds is 12. The summed E-state index contributed by atoms with van der Waals surface area (Å²) in [6.07, 6.45) is -2.28. The van der Waals surface area contributed by atoms with Crippen LogP contribution < -0.4 is 5.32 Å². The van der Waals surface area contributed by atoms with E-state index in [-0.39, 0.29) is 24.7 Å². The van der Waals surface area contributed by atoms with Gasteiger partial charge in [-0.1, -0.05) is 90.4 Å². The van der Waals surface area contributed by atoms with Gasteiger partial charge in [-0.25, -0.2) is 0 Å². The fraction of sp³-hybridized carbons (Fsp3) is 0.273. The van der Waals surface area contributed by atoms with Gasteiger partial charge < -0.3 is 25.2 Å². The first kappa shape index (κ1) is 30.2. The van der Waals surface area contributed by atoms with E-state index >= 15 is 0 Å². The molecule has 2 atom stereocenters. The average molecular weight is 620 g/mol. The van der Waals surface area contributed by atoms with Gasteiger partial charge in [0.15, 0.2) is 0 Å². The molecule has 0 aliphatic heterocycles. The summed E-state index contributed by atoms with van der Waals surface area (Å²) in [5, 5.41) is 32.9. The van der Waals surface area contributed by atoms with Gasteiger partial charge in [0, 0.05) is 28.0 Å². The highest BCUT2D eigenvalue weighted by Gasteiger charge is 2.30. The molecular formula is C33H35BrN2O5. The molecule has 0 aliphatic carbocycles. The van der Waals surface area contributed by atoms with Crippen molar-refractivity contribution >= 4 is 33.5 Å². The van der Waals surface area contributed by atoms with Crippen LogP contribution in [0.5, 0.6) is 0 Å². The number of nitrogens with one attached hydrogen (secondary N) is 1. The number of aliphatic hydroxyl groups is 2. The molecule has 0 radical (unpaired) electrons. The van der Waals surface area contributed by atoms with Crippen molar-refractivity contribution in [3.63, 3.8) is 0 Å². The molecule has 4 aromatic rings. The number of carbonyl (C=O) groups excluding carboxylic acids is 1. The quantitative estimate of drug-likeness (QED) is 0.137. The highest BCUT2D eigenvalue weighted by molar-refractivity contribution is 9.10. The molecule has 0 spiro atoms. The Morgan fingerprint density at radius 2 is 1.46 bits per heavy atom. The summed E-state index contributed by atoms with van der Waals surface area (Å²) >= 11 is 3.52. The minimum absolute atomic E-state index is 0.0482. The normalized spacial score (nSPS) is 12.7. The van der Waals surface area contributed by atoms with Crippen LogP contribution in [0, 0.1) is 0 Å². The van der Waals surface area contributed by atoms with Crippen molar-refractivity contribution in [1.82, 2.24) is 4.57 Å². The van der Waals surface area contributed by atoms with Gasteiger partial charge in [-0.15, -0.1) is 0 Å². The van der Waals surface area contributed by atoms with Crippen molar-refractivity contribution < 1.29 is 24.9 Å².